The molecule has 19 heavy (non-hydrogen) atoms. The molecule has 0 saturated carbocycles. The van der Waals surface area contributed by atoms with E-state index in [0.29, 0.717) is 6.10 Å². The highest BCUT2D eigenvalue weighted by molar-refractivity contribution is 5.05. The summed E-state index contributed by atoms with van der Waals surface area (Å²) in [6.45, 7) is 6.62. The number of rotatable bonds is 8. The molecule has 1 unspecified atom stereocenters. The van der Waals surface area contributed by atoms with E-state index in [1.54, 1.807) is 0 Å². The Bertz CT molecular complexity index is 361. The van der Waals surface area contributed by atoms with Crippen molar-refractivity contribution < 1.29 is 9.26 Å². The Morgan fingerprint density at radius 1 is 1.53 bits per heavy atom. The Morgan fingerprint density at radius 3 is 3.16 bits per heavy atom. The molecule has 1 aliphatic rings. The lowest BCUT2D eigenvalue weighted by molar-refractivity contribution is 0.0768. The molecule has 2 heterocycles. The van der Waals surface area contributed by atoms with Gasteiger partial charge in [0.2, 0.25) is 0 Å². The van der Waals surface area contributed by atoms with Gasteiger partial charge in [0.05, 0.1) is 18.3 Å². The second-order valence-corrected chi connectivity index (χ2v) is 5.29. The van der Waals surface area contributed by atoms with Crippen LogP contribution in [-0.4, -0.2) is 42.9 Å². The number of aromatic nitrogens is 1. The highest BCUT2D eigenvalue weighted by atomic mass is 16.5. The van der Waals surface area contributed by atoms with E-state index in [0.717, 1.165) is 50.7 Å². The fraction of sp³-hybridized carbons (Fsp3) is 0.786. The Balaban J connectivity index is 1.72. The zero-order valence-electron chi connectivity index (χ0n) is 12.0. The van der Waals surface area contributed by atoms with Gasteiger partial charge >= 0.3 is 0 Å². The zero-order valence-corrected chi connectivity index (χ0v) is 12.0. The molecule has 1 N–H and O–H groups in total. The van der Waals surface area contributed by atoms with Gasteiger partial charge in [0, 0.05) is 25.8 Å². The smallest absolute Gasteiger partial charge is 0.151 e. The van der Waals surface area contributed by atoms with Gasteiger partial charge in [0.15, 0.2) is 5.76 Å². The number of hydrogen-bond acceptors (Lipinski definition) is 5. The fourth-order valence-electron chi connectivity index (χ4n) is 2.37. The first-order valence-corrected chi connectivity index (χ1v) is 7.23. The number of nitrogens with zero attached hydrogens (tertiary/aromatic N) is 2. The lowest BCUT2D eigenvalue weighted by atomic mass is 10.2. The van der Waals surface area contributed by atoms with Crippen LogP contribution in [0.1, 0.15) is 37.6 Å². The van der Waals surface area contributed by atoms with Gasteiger partial charge in [-0.25, -0.2) is 0 Å². The van der Waals surface area contributed by atoms with Crippen LogP contribution in [0.25, 0.3) is 0 Å². The molecule has 0 radical (unpaired) electrons. The third-order valence-corrected chi connectivity index (χ3v) is 3.31. The minimum atomic E-state index is 0.388. The summed E-state index contributed by atoms with van der Waals surface area (Å²) in [6.07, 6.45) is 3.88. The summed E-state index contributed by atoms with van der Waals surface area (Å²) >= 11 is 0. The first-order chi connectivity index (χ1) is 9.28. The molecule has 0 aliphatic carbocycles. The third kappa shape index (κ3) is 4.93. The predicted octanol–water partition coefficient (Wildman–Crippen LogP) is 1.79. The van der Waals surface area contributed by atoms with Crippen LogP contribution in [-0.2, 0) is 17.8 Å². The van der Waals surface area contributed by atoms with Crippen molar-refractivity contribution in [3.63, 3.8) is 0 Å². The van der Waals surface area contributed by atoms with Crippen molar-refractivity contribution in [2.45, 2.75) is 45.4 Å². The summed E-state index contributed by atoms with van der Waals surface area (Å²) in [5, 5.41) is 7.40. The van der Waals surface area contributed by atoms with E-state index >= 15 is 0 Å². The molecule has 0 aromatic carbocycles. The van der Waals surface area contributed by atoms with E-state index in [1.165, 1.54) is 12.8 Å². The van der Waals surface area contributed by atoms with Crippen molar-refractivity contribution in [2.75, 3.05) is 26.7 Å². The van der Waals surface area contributed by atoms with Gasteiger partial charge in [-0.05, 0) is 32.9 Å². The molecule has 0 amide bonds. The number of ether oxygens (including phenoxy) is 1. The molecule has 0 bridgehead atoms. The van der Waals surface area contributed by atoms with Crippen molar-refractivity contribution in [1.29, 1.82) is 0 Å². The summed E-state index contributed by atoms with van der Waals surface area (Å²) < 4.78 is 11.0. The second kappa shape index (κ2) is 7.62. The van der Waals surface area contributed by atoms with Crippen LogP contribution in [0.5, 0.6) is 0 Å². The van der Waals surface area contributed by atoms with Gasteiger partial charge < -0.3 is 14.6 Å². The summed E-state index contributed by atoms with van der Waals surface area (Å²) in [4.78, 5) is 2.24. The van der Waals surface area contributed by atoms with Crippen LogP contribution < -0.4 is 5.32 Å². The molecular formula is C14H25N3O2. The normalized spacial score (nSPS) is 19.4. The molecule has 1 atom stereocenters. The van der Waals surface area contributed by atoms with Crippen molar-refractivity contribution in [3.05, 3.63) is 17.5 Å². The highest BCUT2D eigenvalue weighted by Crippen LogP contribution is 2.14. The predicted molar refractivity (Wildman–Crippen MR) is 73.8 cm³/mol. The summed E-state index contributed by atoms with van der Waals surface area (Å²) in [6, 6.07) is 2.04. The molecule has 5 heteroatoms. The Morgan fingerprint density at radius 2 is 2.42 bits per heavy atom. The quantitative estimate of drug-likeness (QED) is 0.728. The number of hydrogen-bond donors (Lipinski definition) is 1. The molecule has 0 spiro atoms. The number of nitrogens with one attached hydrogen (secondary N) is 1. The highest BCUT2D eigenvalue weighted by Gasteiger charge is 2.18. The summed E-state index contributed by atoms with van der Waals surface area (Å²) in [7, 11) is 2.10. The molecule has 108 valence electrons. The van der Waals surface area contributed by atoms with Crippen molar-refractivity contribution in [3.8, 4) is 0 Å². The molecule has 1 fully saturated rings. The topological polar surface area (TPSA) is 50.5 Å². The maximum absolute atomic E-state index is 5.63. The van der Waals surface area contributed by atoms with E-state index in [1.807, 2.05) is 6.07 Å². The van der Waals surface area contributed by atoms with Crippen LogP contribution in [0, 0.1) is 0 Å². The van der Waals surface area contributed by atoms with Crippen LogP contribution >= 0.6 is 0 Å². The largest absolute Gasteiger partial charge is 0.377 e. The Kier molecular flexibility index (Phi) is 5.82. The van der Waals surface area contributed by atoms with Gasteiger partial charge in [-0.15, -0.1) is 0 Å². The Hall–Kier alpha value is -0.910. The average molecular weight is 267 g/mol. The van der Waals surface area contributed by atoms with Crippen molar-refractivity contribution >= 4 is 0 Å². The van der Waals surface area contributed by atoms with E-state index in [-0.39, 0.29) is 0 Å². The van der Waals surface area contributed by atoms with Gasteiger partial charge in [0.25, 0.3) is 0 Å². The maximum Gasteiger partial charge on any atom is 0.151 e. The van der Waals surface area contributed by atoms with Gasteiger partial charge in [0.1, 0.15) is 0 Å². The maximum atomic E-state index is 5.63. The van der Waals surface area contributed by atoms with E-state index in [2.05, 4.69) is 29.3 Å². The summed E-state index contributed by atoms with van der Waals surface area (Å²) in [5.41, 5.74) is 0.981. The molecule has 1 aromatic rings. The lowest BCUT2D eigenvalue weighted by Gasteiger charge is -2.18. The molecule has 1 aromatic heterocycles. The molecule has 1 saturated heterocycles. The molecular weight excluding hydrogens is 242 g/mol. The number of likely N-dealkylation sites (N-methyl/N-ethyl adjacent to an activating group) is 1. The molecule has 1 aliphatic heterocycles. The minimum Gasteiger partial charge on any atom is -0.377 e. The molecule has 2 rings (SSSR count). The SMILES string of the molecule is CCCNCc1cc(CN(C)CC2CCCO2)on1. The summed E-state index contributed by atoms with van der Waals surface area (Å²) in [5.74, 6) is 0.925. The van der Waals surface area contributed by atoms with E-state index < -0.39 is 0 Å². The van der Waals surface area contributed by atoms with E-state index in [9.17, 15) is 0 Å². The van der Waals surface area contributed by atoms with Crippen molar-refractivity contribution in [1.82, 2.24) is 15.4 Å². The second-order valence-electron chi connectivity index (χ2n) is 5.29. The average Bonchev–Trinajstić information content (AvgIpc) is 3.02. The van der Waals surface area contributed by atoms with Crippen LogP contribution in [0.3, 0.4) is 0 Å². The first kappa shape index (κ1) is 14.5. The Labute approximate surface area is 115 Å². The zero-order chi connectivity index (χ0) is 13.5. The minimum absolute atomic E-state index is 0.388. The van der Waals surface area contributed by atoms with Crippen LogP contribution in [0.15, 0.2) is 10.6 Å². The van der Waals surface area contributed by atoms with Crippen molar-refractivity contribution in [2.24, 2.45) is 0 Å². The van der Waals surface area contributed by atoms with Crippen LogP contribution in [0.2, 0.25) is 0 Å². The fourth-order valence-corrected chi connectivity index (χ4v) is 2.37. The van der Waals surface area contributed by atoms with Crippen LogP contribution in [0.4, 0.5) is 0 Å². The van der Waals surface area contributed by atoms with Gasteiger partial charge in [-0.3, -0.25) is 4.90 Å². The van der Waals surface area contributed by atoms with E-state index in [4.69, 9.17) is 9.26 Å². The first-order valence-electron chi connectivity index (χ1n) is 7.23. The van der Waals surface area contributed by atoms with Gasteiger partial charge in [-0.2, -0.15) is 0 Å². The van der Waals surface area contributed by atoms with Gasteiger partial charge in [-0.1, -0.05) is 12.1 Å². The lowest BCUT2D eigenvalue weighted by Crippen LogP contribution is -2.28. The monoisotopic (exact) mass is 267 g/mol. The third-order valence-electron chi connectivity index (χ3n) is 3.31. The molecule has 5 nitrogen and oxygen atoms in total. The standard InChI is InChI=1S/C14H25N3O2/c1-3-6-15-9-12-8-14(19-16-12)11-17(2)10-13-5-4-7-18-13/h8,13,15H,3-7,9-11H2,1-2H3.